The predicted molar refractivity (Wildman–Crippen MR) is 43.7 cm³/mol. The van der Waals surface area contributed by atoms with Crippen molar-refractivity contribution in [3.63, 3.8) is 0 Å². The Morgan fingerprint density at radius 1 is 1.64 bits per heavy atom. The Hall–Kier alpha value is -0.120. The van der Waals surface area contributed by atoms with Crippen molar-refractivity contribution in [2.45, 2.75) is 25.5 Å². The largest absolute Gasteiger partial charge is 0.382 e. The van der Waals surface area contributed by atoms with Gasteiger partial charge in [-0.3, -0.25) is 0 Å². The zero-order chi connectivity index (χ0) is 8.32. The fourth-order valence-corrected chi connectivity index (χ4v) is 1.12. The number of hydrogen-bond donors (Lipinski definition) is 1. The molecule has 0 aromatic heterocycles. The summed E-state index contributed by atoms with van der Waals surface area (Å²) in [7, 11) is 1.70. The van der Waals surface area contributed by atoms with E-state index in [1.165, 1.54) is 0 Å². The Bertz CT molecular complexity index is 115. The predicted octanol–water partition coefficient (Wildman–Crippen LogP) is 0.400. The van der Waals surface area contributed by atoms with Crippen LogP contribution in [0, 0.1) is 0 Å². The van der Waals surface area contributed by atoms with Crippen molar-refractivity contribution in [1.82, 2.24) is 5.32 Å². The van der Waals surface area contributed by atoms with E-state index in [4.69, 9.17) is 9.47 Å². The van der Waals surface area contributed by atoms with Crippen molar-refractivity contribution in [2.75, 3.05) is 26.9 Å². The van der Waals surface area contributed by atoms with E-state index >= 15 is 0 Å². The van der Waals surface area contributed by atoms with E-state index < -0.39 is 0 Å². The summed E-state index contributed by atoms with van der Waals surface area (Å²) in [4.78, 5) is 0. The topological polar surface area (TPSA) is 30.5 Å². The minimum absolute atomic E-state index is 0.129. The van der Waals surface area contributed by atoms with Crippen LogP contribution in [-0.4, -0.2) is 38.5 Å². The van der Waals surface area contributed by atoms with Gasteiger partial charge in [0, 0.05) is 19.2 Å². The number of ether oxygens (including phenoxy) is 2. The Balaban J connectivity index is 2.25. The molecule has 3 nitrogen and oxygen atoms in total. The number of morpholine rings is 1. The molecule has 0 amide bonds. The smallest absolute Gasteiger partial charge is 0.0933 e. The summed E-state index contributed by atoms with van der Waals surface area (Å²) in [5.41, 5.74) is 0.129. The third-order valence-corrected chi connectivity index (χ3v) is 1.84. The van der Waals surface area contributed by atoms with Gasteiger partial charge in [-0.15, -0.1) is 0 Å². The molecule has 1 aliphatic heterocycles. The fraction of sp³-hybridized carbons (Fsp3) is 1.00. The minimum atomic E-state index is 0.129. The van der Waals surface area contributed by atoms with Gasteiger partial charge < -0.3 is 14.8 Å². The number of methoxy groups -OCH3 is 1. The normalized spacial score (nSPS) is 30.3. The van der Waals surface area contributed by atoms with E-state index in [0.29, 0.717) is 6.61 Å². The highest BCUT2D eigenvalue weighted by Gasteiger charge is 2.26. The summed E-state index contributed by atoms with van der Waals surface area (Å²) < 4.78 is 10.5. The van der Waals surface area contributed by atoms with E-state index in [0.717, 1.165) is 13.2 Å². The molecule has 1 saturated heterocycles. The Morgan fingerprint density at radius 3 is 2.82 bits per heavy atom. The fourth-order valence-electron chi connectivity index (χ4n) is 1.12. The second-order valence-corrected chi connectivity index (χ2v) is 3.65. The maximum Gasteiger partial charge on any atom is 0.0933 e. The minimum Gasteiger partial charge on any atom is -0.382 e. The Labute approximate surface area is 68.1 Å². The van der Waals surface area contributed by atoms with Gasteiger partial charge in [0.05, 0.1) is 19.3 Å². The molecule has 1 aliphatic rings. The maximum absolute atomic E-state index is 5.55. The lowest BCUT2D eigenvalue weighted by Crippen LogP contribution is -2.54. The second-order valence-electron chi connectivity index (χ2n) is 3.65. The van der Waals surface area contributed by atoms with Gasteiger partial charge in [-0.2, -0.15) is 0 Å². The van der Waals surface area contributed by atoms with E-state index in [1.807, 2.05) is 0 Å². The molecule has 1 rings (SSSR count). The number of nitrogens with one attached hydrogen (secondary N) is 1. The van der Waals surface area contributed by atoms with E-state index in [2.05, 4.69) is 19.2 Å². The van der Waals surface area contributed by atoms with Gasteiger partial charge in [0.2, 0.25) is 0 Å². The first kappa shape index (κ1) is 8.97. The average Bonchev–Trinajstić information content (AvgIpc) is 1.94. The van der Waals surface area contributed by atoms with Crippen LogP contribution in [0.2, 0.25) is 0 Å². The Kier molecular flexibility index (Phi) is 2.87. The van der Waals surface area contributed by atoms with Gasteiger partial charge in [-0.05, 0) is 13.8 Å². The quantitative estimate of drug-likeness (QED) is 0.632. The molecule has 1 fully saturated rings. The molecule has 0 radical (unpaired) electrons. The highest BCUT2D eigenvalue weighted by atomic mass is 16.5. The molecule has 1 atom stereocenters. The molecular weight excluding hydrogens is 142 g/mol. The third kappa shape index (κ3) is 2.77. The summed E-state index contributed by atoms with van der Waals surface area (Å²) in [5, 5.41) is 3.39. The zero-order valence-corrected chi connectivity index (χ0v) is 7.52. The molecule has 0 spiro atoms. The van der Waals surface area contributed by atoms with Crippen molar-refractivity contribution in [3.8, 4) is 0 Å². The molecule has 0 aromatic rings. The highest BCUT2D eigenvalue weighted by molar-refractivity contribution is 4.83. The monoisotopic (exact) mass is 159 g/mol. The van der Waals surface area contributed by atoms with Crippen LogP contribution in [0.15, 0.2) is 0 Å². The van der Waals surface area contributed by atoms with Crippen molar-refractivity contribution in [1.29, 1.82) is 0 Å². The zero-order valence-electron chi connectivity index (χ0n) is 7.52. The SMILES string of the molecule is COC[C@@H]1CNC(C)(C)CO1. The third-order valence-electron chi connectivity index (χ3n) is 1.84. The average molecular weight is 159 g/mol. The highest BCUT2D eigenvalue weighted by Crippen LogP contribution is 2.10. The molecule has 1 N–H and O–H groups in total. The van der Waals surface area contributed by atoms with Crippen molar-refractivity contribution < 1.29 is 9.47 Å². The van der Waals surface area contributed by atoms with Crippen LogP contribution >= 0.6 is 0 Å². The summed E-state index contributed by atoms with van der Waals surface area (Å²) in [6, 6.07) is 0. The van der Waals surface area contributed by atoms with Gasteiger partial charge in [-0.1, -0.05) is 0 Å². The van der Waals surface area contributed by atoms with Crippen LogP contribution in [0.3, 0.4) is 0 Å². The summed E-state index contributed by atoms with van der Waals surface area (Å²) in [6.07, 6.45) is 0.230. The van der Waals surface area contributed by atoms with E-state index in [1.54, 1.807) is 7.11 Å². The van der Waals surface area contributed by atoms with Crippen LogP contribution in [0.1, 0.15) is 13.8 Å². The molecule has 0 bridgehead atoms. The van der Waals surface area contributed by atoms with Gasteiger partial charge in [0.25, 0.3) is 0 Å². The van der Waals surface area contributed by atoms with Crippen LogP contribution < -0.4 is 5.32 Å². The molecule has 0 aliphatic carbocycles. The van der Waals surface area contributed by atoms with E-state index in [-0.39, 0.29) is 11.6 Å². The standard InChI is InChI=1S/C8H17NO2/c1-8(2)6-11-7(4-9-8)5-10-3/h7,9H,4-6H2,1-3H3/t7-/m0/s1. The summed E-state index contributed by atoms with van der Waals surface area (Å²) >= 11 is 0. The summed E-state index contributed by atoms with van der Waals surface area (Å²) in [6.45, 7) is 6.61. The van der Waals surface area contributed by atoms with Crippen molar-refractivity contribution in [2.24, 2.45) is 0 Å². The maximum atomic E-state index is 5.55. The van der Waals surface area contributed by atoms with Gasteiger partial charge in [-0.25, -0.2) is 0 Å². The molecule has 66 valence electrons. The molecule has 0 saturated carbocycles. The van der Waals surface area contributed by atoms with Gasteiger partial charge >= 0.3 is 0 Å². The van der Waals surface area contributed by atoms with Gasteiger partial charge in [0.1, 0.15) is 0 Å². The Morgan fingerprint density at radius 2 is 2.36 bits per heavy atom. The number of hydrogen-bond acceptors (Lipinski definition) is 3. The first-order valence-corrected chi connectivity index (χ1v) is 3.99. The van der Waals surface area contributed by atoms with Crippen molar-refractivity contribution in [3.05, 3.63) is 0 Å². The molecule has 0 aromatic carbocycles. The van der Waals surface area contributed by atoms with Crippen molar-refractivity contribution >= 4 is 0 Å². The first-order valence-electron chi connectivity index (χ1n) is 3.99. The van der Waals surface area contributed by atoms with Crippen LogP contribution in [-0.2, 0) is 9.47 Å². The second kappa shape index (κ2) is 3.52. The van der Waals surface area contributed by atoms with Crippen LogP contribution in [0.4, 0.5) is 0 Å². The molecular formula is C8H17NO2. The molecule has 1 heterocycles. The lowest BCUT2D eigenvalue weighted by Gasteiger charge is -2.35. The van der Waals surface area contributed by atoms with E-state index in [9.17, 15) is 0 Å². The van der Waals surface area contributed by atoms with Crippen LogP contribution in [0.25, 0.3) is 0 Å². The lowest BCUT2D eigenvalue weighted by atomic mass is 10.1. The number of rotatable bonds is 2. The van der Waals surface area contributed by atoms with Gasteiger partial charge in [0.15, 0.2) is 0 Å². The molecule has 3 heteroatoms. The summed E-state index contributed by atoms with van der Waals surface area (Å²) in [5.74, 6) is 0. The lowest BCUT2D eigenvalue weighted by molar-refractivity contribution is -0.0544. The molecule has 11 heavy (non-hydrogen) atoms. The van der Waals surface area contributed by atoms with Crippen LogP contribution in [0.5, 0.6) is 0 Å². The molecule has 0 unspecified atom stereocenters. The first-order chi connectivity index (χ1) is 5.14.